The van der Waals surface area contributed by atoms with E-state index in [4.69, 9.17) is 27.9 Å². The third kappa shape index (κ3) is 4.98. The Hall–Kier alpha value is -3.61. The fraction of sp³-hybridized carbons (Fsp3) is 0.115. The summed E-state index contributed by atoms with van der Waals surface area (Å²) in [5.41, 5.74) is 4.10. The minimum Gasteiger partial charge on any atom is -0.489 e. The lowest BCUT2D eigenvalue weighted by atomic mass is 10.1. The van der Waals surface area contributed by atoms with Crippen molar-refractivity contribution in [2.24, 2.45) is 0 Å². The quantitative estimate of drug-likeness (QED) is 0.356. The minimum atomic E-state index is -0.861. The SMILES string of the molecule is Cc1ccc(COc2ccc(/C=C3\C(=O)NC(=O)N(c4ccc(Cl)c(Cl)c4)C3=O)cc2)cc1C. The Morgan fingerprint density at radius 1 is 0.882 bits per heavy atom. The summed E-state index contributed by atoms with van der Waals surface area (Å²) in [5.74, 6) is -0.893. The number of carbonyl (C=O) groups excluding carboxylic acids is 3. The van der Waals surface area contributed by atoms with Gasteiger partial charge in [0, 0.05) is 0 Å². The van der Waals surface area contributed by atoms with E-state index >= 15 is 0 Å². The molecule has 0 aromatic heterocycles. The third-order valence-corrected chi connectivity index (χ3v) is 6.17. The Bertz CT molecular complexity index is 1330. The summed E-state index contributed by atoms with van der Waals surface area (Å²) in [6.45, 7) is 4.54. The number of nitrogens with one attached hydrogen (secondary N) is 1. The maximum atomic E-state index is 13.0. The lowest BCUT2D eigenvalue weighted by Crippen LogP contribution is -2.54. The van der Waals surface area contributed by atoms with Gasteiger partial charge in [0.25, 0.3) is 11.8 Å². The van der Waals surface area contributed by atoms with Crippen molar-refractivity contribution in [2.75, 3.05) is 4.90 Å². The van der Waals surface area contributed by atoms with Crippen LogP contribution in [0.15, 0.2) is 66.2 Å². The monoisotopic (exact) mass is 494 g/mol. The summed E-state index contributed by atoms with van der Waals surface area (Å²) >= 11 is 11.9. The number of aryl methyl sites for hydroxylation is 2. The number of carbonyl (C=O) groups is 3. The van der Waals surface area contributed by atoms with Crippen molar-refractivity contribution < 1.29 is 19.1 Å². The van der Waals surface area contributed by atoms with Crippen molar-refractivity contribution in [2.45, 2.75) is 20.5 Å². The molecule has 1 N–H and O–H groups in total. The molecule has 1 fully saturated rings. The first-order valence-electron chi connectivity index (χ1n) is 10.4. The van der Waals surface area contributed by atoms with E-state index in [1.54, 1.807) is 24.3 Å². The first-order chi connectivity index (χ1) is 16.2. The predicted octanol–water partition coefficient (Wildman–Crippen LogP) is 5.86. The van der Waals surface area contributed by atoms with Gasteiger partial charge in [-0.3, -0.25) is 14.9 Å². The molecule has 0 saturated carbocycles. The van der Waals surface area contributed by atoms with Gasteiger partial charge in [0.1, 0.15) is 17.9 Å². The van der Waals surface area contributed by atoms with Gasteiger partial charge in [0.15, 0.2) is 0 Å². The predicted molar refractivity (Wildman–Crippen MR) is 132 cm³/mol. The summed E-state index contributed by atoms with van der Waals surface area (Å²) in [4.78, 5) is 38.6. The molecule has 0 spiro atoms. The zero-order valence-corrected chi connectivity index (χ0v) is 19.9. The zero-order chi connectivity index (χ0) is 24.4. The van der Waals surface area contributed by atoms with Gasteiger partial charge in [0.2, 0.25) is 0 Å². The first kappa shape index (κ1) is 23.5. The van der Waals surface area contributed by atoms with E-state index in [0.29, 0.717) is 17.9 Å². The fourth-order valence-corrected chi connectivity index (χ4v) is 3.70. The number of anilines is 1. The van der Waals surface area contributed by atoms with Gasteiger partial charge in [-0.15, -0.1) is 0 Å². The van der Waals surface area contributed by atoms with E-state index in [2.05, 4.69) is 31.3 Å². The van der Waals surface area contributed by atoms with E-state index < -0.39 is 17.8 Å². The first-order valence-corrected chi connectivity index (χ1v) is 11.1. The van der Waals surface area contributed by atoms with Gasteiger partial charge in [0.05, 0.1) is 15.7 Å². The lowest BCUT2D eigenvalue weighted by Gasteiger charge is -2.26. The largest absolute Gasteiger partial charge is 0.489 e. The highest BCUT2D eigenvalue weighted by molar-refractivity contribution is 6.43. The number of barbiturate groups is 1. The maximum absolute atomic E-state index is 13.0. The molecule has 6 nitrogen and oxygen atoms in total. The molecule has 1 aliphatic rings. The van der Waals surface area contributed by atoms with Crippen molar-refractivity contribution in [3.05, 3.63) is 98.5 Å². The number of amides is 4. The minimum absolute atomic E-state index is 0.179. The van der Waals surface area contributed by atoms with E-state index in [-0.39, 0.29) is 21.3 Å². The van der Waals surface area contributed by atoms with Crippen LogP contribution in [0.25, 0.3) is 6.08 Å². The Kier molecular flexibility index (Phi) is 6.72. The van der Waals surface area contributed by atoms with Crippen LogP contribution in [-0.2, 0) is 16.2 Å². The Morgan fingerprint density at radius 2 is 1.62 bits per heavy atom. The summed E-state index contributed by atoms with van der Waals surface area (Å²) in [7, 11) is 0. The summed E-state index contributed by atoms with van der Waals surface area (Å²) in [6, 6.07) is 16.6. The second kappa shape index (κ2) is 9.71. The molecule has 1 aliphatic heterocycles. The number of ether oxygens (including phenoxy) is 1. The third-order valence-electron chi connectivity index (χ3n) is 5.43. The van der Waals surface area contributed by atoms with Crippen LogP contribution in [0.1, 0.15) is 22.3 Å². The van der Waals surface area contributed by atoms with E-state index in [0.717, 1.165) is 10.5 Å². The molecule has 3 aromatic rings. The molecular formula is C26H20Cl2N2O4. The Labute approximate surface area is 206 Å². The molecule has 4 rings (SSSR count). The van der Waals surface area contributed by atoms with Gasteiger partial charge in [-0.1, -0.05) is 53.5 Å². The molecule has 0 bridgehead atoms. The van der Waals surface area contributed by atoms with E-state index in [1.807, 2.05) is 6.07 Å². The van der Waals surface area contributed by atoms with Crippen LogP contribution in [0.4, 0.5) is 10.5 Å². The molecule has 3 aromatic carbocycles. The topological polar surface area (TPSA) is 75.7 Å². The number of benzene rings is 3. The molecule has 0 unspecified atom stereocenters. The number of hydrogen-bond acceptors (Lipinski definition) is 4. The van der Waals surface area contributed by atoms with Crippen LogP contribution < -0.4 is 15.0 Å². The molecule has 4 amide bonds. The molecule has 8 heteroatoms. The van der Waals surface area contributed by atoms with Gasteiger partial charge in [-0.25, -0.2) is 9.69 Å². The normalized spacial score (nSPS) is 15.0. The van der Waals surface area contributed by atoms with Gasteiger partial charge < -0.3 is 4.74 Å². The van der Waals surface area contributed by atoms with Gasteiger partial charge in [-0.05, 0) is 72.5 Å². The average Bonchev–Trinajstić information content (AvgIpc) is 2.80. The highest BCUT2D eigenvalue weighted by Crippen LogP contribution is 2.29. The second-order valence-electron chi connectivity index (χ2n) is 7.83. The van der Waals surface area contributed by atoms with Crippen molar-refractivity contribution >= 4 is 52.8 Å². The molecule has 1 saturated heterocycles. The number of hydrogen-bond donors (Lipinski definition) is 1. The standard InChI is InChI=1S/C26H20Cl2N2O4/c1-15-3-4-18(11-16(15)2)14-34-20-8-5-17(6-9-20)12-21-24(31)29-26(33)30(25(21)32)19-7-10-22(27)23(28)13-19/h3-13H,14H2,1-2H3,(H,29,31,33)/b21-12+. The second-order valence-corrected chi connectivity index (χ2v) is 8.65. The summed E-state index contributed by atoms with van der Waals surface area (Å²) < 4.78 is 5.84. The fourth-order valence-electron chi connectivity index (χ4n) is 3.40. The molecule has 1 heterocycles. The number of urea groups is 1. The van der Waals surface area contributed by atoms with E-state index in [1.165, 1.54) is 35.4 Å². The van der Waals surface area contributed by atoms with Crippen molar-refractivity contribution in [3.8, 4) is 5.75 Å². The molecular weight excluding hydrogens is 475 g/mol. The van der Waals surface area contributed by atoms with Crippen molar-refractivity contribution in [3.63, 3.8) is 0 Å². The number of rotatable bonds is 5. The Morgan fingerprint density at radius 3 is 2.29 bits per heavy atom. The van der Waals surface area contributed by atoms with Crippen LogP contribution in [0.5, 0.6) is 5.75 Å². The molecule has 172 valence electrons. The smallest absolute Gasteiger partial charge is 0.335 e. The van der Waals surface area contributed by atoms with Crippen molar-refractivity contribution in [1.82, 2.24) is 5.32 Å². The zero-order valence-electron chi connectivity index (χ0n) is 18.4. The van der Waals surface area contributed by atoms with Crippen LogP contribution >= 0.6 is 23.2 Å². The average molecular weight is 495 g/mol. The van der Waals surface area contributed by atoms with Crippen LogP contribution in [0.3, 0.4) is 0 Å². The van der Waals surface area contributed by atoms with Crippen molar-refractivity contribution in [1.29, 1.82) is 0 Å². The maximum Gasteiger partial charge on any atom is 0.335 e. The van der Waals surface area contributed by atoms with Gasteiger partial charge in [-0.2, -0.15) is 0 Å². The molecule has 0 aliphatic carbocycles. The highest BCUT2D eigenvalue weighted by atomic mass is 35.5. The number of imide groups is 2. The number of halogens is 2. The van der Waals surface area contributed by atoms with Gasteiger partial charge >= 0.3 is 6.03 Å². The highest BCUT2D eigenvalue weighted by Gasteiger charge is 2.37. The Balaban J connectivity index is 1.52. The van der Waals surface area contributed by atoms with Crippen LogP contribution in [-0.4, -0.2) is 17.8 Å². The summed E-state index contributed by atoms with van der Waals surface area (Å²) in [6.07, 6.45) is 1.42. The van der Waals surface area contributed by atoms with Crippen LogP contribution in [0.2, 0.25) is 10.0 Å². The number of nitrogens with zero attached hydrogens (tertiary/aromatic N) is 1. The van der Waals surface area contributed by atoms with Crippen LogP contribution in [0, 0.1) is 13.8 Å². The lowest BCUT2D eigenvalue weighted by molar-refractivity contribution is -0.122. The van der Waals surface area contributed by atoms with E-state index in [9.17, 15) is 14.4 Å². The molecule has 0 radical (unpaired) electrons. The molecule has 0 atom stereocenters. The summed E-state index contributed by atoms with van der Waals surface area (Å²) in [5, 5.41) is 2.64. The molecule has 34 heavy (non-hydrogen) atoms.